The van der Waals surface area contributed by atoms with Crippen molar-refractivity contribution in [2.24, 2.45) is 4.47 Å². The first kappa shape index (κ1) is 20.9. The van der Waals surface area contributed by atoms with Crippen molar-refractivity contribution < 1.29 is 9.53 Å². The van der Waals surface area contributed by atoms with Gasteiger partial charge in [-0.1, -0.05) is 12.1 Å². The Morgan fingerprint density at radius 1 is 1.12 bits per heavy atom. The number of hydrogen-bond acceptors (Lipinski definition) is 7. The van der Waals surface area contributed by atoms with Crippen molar-refractivity contribution >= 4 is 33.8 Å². The highest BCUT2D eigenvalue weighted by Crippen LogP contribution is 2.36. The number of aromatic amines is 1. The number of hydrogen-bond donors (Lipinski definition) is 1. The number of morpholine rings is 1. The molecule has 4 aromatic rings. The first-order chi connectivity index (χ1) is 16.7. The Kier molecular flexibility index (Phi) is 5.31. The van der Waals surface area contributed by atoms with E-state index in [1.807, 2.05) is 25.3 Å². The Morgan fingerprint density at radius 2 is 1.94 bits per heavy atom. The molecule has 0 bridgehead atoms. The minimum atomic E-state index is -0.294. The van der Waals surface area contributed by atoms with E-state index in [4.69, 9.17) is 9.72 Å². The second-order valence-corrected chi connectivity index (χ2v) is 10.1. The minimum absolute atomic E-state index is 0.0982. The summed E-state index contributed by atoms with van der Waals surface area (Å²) >= 11 is 0. The van der Waals surface area contributed by atoms with E-state index in [0.29, 0.717) is 13.2 Å². The molecule has 3 aromatic heterocycles. The maximum atomic E-state index is 11.0. The number of carbonyl (C=O) groups is 1. The van der Waals surface area contributed by atoms with Crippen molar-refractivity contribution in [1.29, 1.82) is 0 Å². The first-order valence-electron chi connectivity index (χ1n) is 11.1. The predicted molar refractivity (Wildman–Crippen MR) is 131 cm³/mol. The van der Waals surface area contributed by atoms with Gasteiger partial charge in [-0.2, -0.15) is 5.10 Å². The van der Waals surface area contributed by atoms with Gasteiger partial charge in [0.1, 0.15) is 22.4 Å². The normalized spacial score (nSPS) is 20.1. The van der Waals surface area contributed by atoms with Gasteiger partial charge >= 0.3 is 0 Å². The van der Waals surface area contributed by atoms with Crippen LogP contribution in [-0.4, -0.2) is 63.3 Å². The molecule has 34 heavy (non-hydrogen) atoms. The molecule has 2 atom stereocenters. The molecule has 1 saturated heterocycles. The predicted octanol–water partition coefficient (Wildman–Crippen LogP) is 3.42. The van der Waals surface area contributed by atoms with Crippen LogP contribution in [-0.2, 0) is 20.2 Å². The molecule has 2 aliphatic rings. The zero-order valence-corrected chi connectivity index (χ0v) is 19.4. The molecule has 0 saturated carbocycles. The topological polar surface area (TPSA) is 99.6 Å². The number of fused-ring (bicyclic) bond motifs is 1. The number of amides is 1. The summed E-state index contributed by atoms with van der Waals surface area (Å²) in [6.07, 6.45) is 4.32. The van der Waals surface area contributed by atoms with Gasteiger partial charge in [0, 0.05) is 35.8 Å². The third-order valence-electron chi connectivity index (χ3n) is 6.20. The number of H-pyrrole nitrogens is 1. The van der Waals surface area contributed by atoms with E-state index in [1.165, 1.54) is 5.01 Å². The van der Waals surface area contributed by atoms with Gasteiger partial charge in [0.2, 0.25) is 6.41 Å². The third kappa shape index (κ3) is 3.55. The first-order valence-corrected chi connectivity index (χ1v) is 12.4. The smallest absolute Gasteiger partial charge is 0.231 e. The van der Waals surface area contributed by atoms with Gasteiger partial charge in [-0.3, -0.25) is 14.9 Å². The molecule has 10 heteroatoms. The number of nitrogens with one attached hydrogen (secondary N) is 1. The molecule has 0 aliphatic carbocycles. The number of pyridine rings is 2. The molecule has 1 amide bonds. The summed E-state index contributed by atoms with van der Waals surface area (Å²) < 4.78 is 9.96. The zero-order chi connectivity index (χ0) is 23.1. The molecule has 9 nitrogen and oxygen atoms in total. The van der Waals surface area contributed by atoms with E-state index in [-0.39, 0.29) is 16.1 Å². The van der Waals surface area contributed by atoms with Crippen molar-refractivity contribution in [3.05, 3.63) is 54.9 Å². The van der Waals surface area contributed by atoms with Crippen LogP contribution in [0.1, 0.15) is 6.92 Å². The number of rotatable bonds is 5. The highest BCUT2D eigenvalue weighted by molar-refractivity contribution is 7.88. The molecule has 0 spiro atoms. The van der Waals surface area contributed by atoms with E-state index in [1.54, 1.807) is 6.20 Å². The van der Waals surface area contributed by atoms with Crippen LogP contribution < -0.4 is 4.90 Å². The lowest BCUT2D eigenvalue weighted by molar-refractivity contribution is -0.119. The van der Waals surface area contributed by atoms with E-state index in [2.05, 4.69) is 54.9 Å². The van der Waals surface area contributed by atoms with Crippen LogP contribution in [0.25, 0.3) is 33.4 Å². The van der Waals surface area contributed by atoms with Crippen molar-refractivity contribution in [2.75, 3.05) is 31.2 Å². The lowest BCUT2D eigenvalue weighted by Gasteiger charge is -2.32. The molecular formula is C24H23N7O2S. The van der Waals surface area contributed by atoms with Crippen LogP contribution in [0.3, 0.4) is 0 Å². The lowest BCUT2D eigenvalue weighted by atomic mass is 10.00. The molecule has 2 aliphatic heterocycles. The Morgan fingerprint density at radius 3 is 2.65 bits per heavy atom. The van der Waals surface area contributed by atoms with E-state index in [9.17, 15) is 4.79 Å². The number of nitrogens with zero attached hydrogens (tertiary/aromatic N) is 6. The van der Waals surface area contributed by atoms with E-state index < -0.39 is 0 Å². The van der Waals surface area contributed by atoms with E-state index in [0.717, 1.165) is 63.6 Å². The second kappa shape index (κ2) is 8.62. The third-order valence-corrected chi connectivity index (χ3v) is 8.18. The fourth-order valence-corrected chi connectivity index (χ4v) is 5.92. The van der Waals surface area contributed by atoms with Crippen LogP contribution >= 0.6 is 0 Å². The molecule has 5 heterocycles. The van der Waals surface area contributed by atoms with Crippen LogP contribution in [0.4, 0.5) is 5.82 Å². The largest absolute Gasteiger partial charge is 0.378 e. The molecule has 1 N–H and O–H groups in total. The maximum Gasteiger partial charge on any atom is 0.231 e. The molecule has 172 valence electrons. The van der Waals surface area contributed by atoms with Crippen LogP contribution in [0.5, 0.6) is 0 Å². The standard InChI is InChI=1S/C24H23N7O2S/c1-16-31(15-32)29-34(16)18-4-2-17(3-5-18)20-14-22(30-10-12-33-13-11-30)27-23-19(20)6-8-25-24(23)21-7-9-26-28-21/h2-9,14-16H,10-13H2,1H3,(H,26,28). The van der Waals surface area contributed by atoms with Crippen molar-refractivity contribution in [3.8, 4) is 22.5 Å². The number of carbonyl (C=O) groups excluding carboxylic acids is 1. The van der Waals surface area contributed by atoms with Crippen LogP contribution in [0.2, 0.25) is 0 Å². The SMILES string of the molecule is CC1N(C=O)N=S1c1ccc(-c2cc(N3CCOCC3)nc3c(-c4ccn[nH]4)nccc23)cc1. The summed E-state index contributed by atoms with van der Waals surface area (Å²) in [5.41, 5.74) is 4.63. The number of anilines is 1. The second-order valence-electron chi connectivity index (χ2n) is 8.16. The molecule has 1 aromatic carbocycles. The summed E-state index contributed by atoms with van der Waals surface area (Å²) in [6.45, 7) is 4.99. The van der Waals surface area contributed by atoms with Crippen molar-refractivity contribution in [1.82, 2.24) is 25.2 Å². The Bertz CT molecular complexity index is 1380. The summed E-state index contributed by atoms with van der Waals surface area (Å²) in [7, 11) is -0.294. The fraction of sp³-hybridized carbons (Fsp3) is 0.250. The Balaban J connectivity index is 1.48. The summed E-state index contributed by atoms with van der Waals surface area (Å²) in [6, 6.07) is 14.6. The monoisotopic (exact) mass is 473 g/mol. The zero-order valence-electron chi connectivity index (χ0n) is 18.6. The average molecular weight is 474 g/mol. The molecule has 2 unspecified atom stereocenters. The number of ether oxygens (including phenoxy) is 1. The summed E-state index contributed by atoms with van der Waals surface area (Å²) in [4.78, 5) is 24.1. The highest BCUT2D eigenvalue weighted by Gasteiger charge is 2.27. The Hall–Kier alpha value is -3.63. The maximum absolute atomic E-state index is 11.0. The molecule has 0 radical (unpaired) electrons. The average Bonchev–Trinajstić information content (AvgIpc) is 3.43. The van der Waals surface area contributed by atoms with Gasteiger partial charge in [0.05, 0.1) is 18.9 Å². The molecular weight excluding hydrogens is 450 g/mol. The van der Waals surface area contributed by atoms with Gasteiger partial charge < -0.3 is 9.64 Å². The number of benzene rings is 1. The highest BCUT2D eigenvalue weighted by atomic mass is 32.2. The van der Waals surface area contributed by atoms with Gasteiger partial charge in [-0.25, -0.2) is 9.99 Å². The van der Waals surface area contributed by atoms with Gasteiger partial charge in [-0.05, 0) is 59.1 Å². The van der Waals surface area contributed by atoms with Gasteiger partial charge in [-0.15, -0.1) is 4.47 Å². The summed E-state index contributed by atoms with van der Waals surface area (Å²) in [5.74, 6) is 0.912. The van der Waals surface area contributed by atoms with Gasteiger partial charge in [0.15, 0.2) is 0 Å². The number of aromatic nitrogens is 4. The fourth-order valence-electron chi connectivity index (χ4n) is 4.34. The van der Waals surface area contributed by atoms with Crippen LogP contribution in [0.15, 0.2) is 64.2 Å². The van der Waals surface area contributed by atoms with Crippen molar-refractivity contribution in [3.63, 3.8) is 0 Å². The van der Waals surface area contributed by atoms with E-state index >= 15 is 0 Å². The lowest BCUT2D eigenvalue weighted by Crippen LogP contribution is -2.39. The van der Waals surface area contributed by atoms with Crippen molar-refractivity contribution in [2.45, 2.75) is 17.2 Å². The van der Waals surface area contributed by atoms with Gasteiger partial charge in [0.25, 0.3) is 0 Å². The van der Waals surface area contributed by atoms with Crippen LogP contribution in [0, 0.1) is 0 Å². The molecule has 6 rings (SSSR count). The minimum Gasteiger partial charge on any atom is -0.378 e. The summed E-state index contributed by atoms with van der Waals surface area (Å²) in [5, 5.41) is 9.73. The Labute approximate surface area is 198 Å². The molecule has 1 fully saturated rings. The quantitative estimate of drug-likeness (QED) is 0.446.